The van der Waals surface area contributed by atoms with E-state index in [1.807, 2.05) is 0 Å². The number of aliphatic hydroxyl groups is 1. The third-order valence-electron chi connectivity index (χ3n) is 7.80. The minimum absolute atomic E-state index is 0.000124. The van der Waals surface area contributed by atoms with Crippen molar-refractivity contribution < 1.29 is 43.8 Å². The van der Waals surface area contributed by atoms with Crippen LogP contribution >= 0.6 is 0 Å². The van der Waals surface area contributed by atoms with Crippen molar-refractivity contribution in [2.45, 2.75) is 121 Å². The lowest BCUT2D eigenvalue weighted by molar-refractivity contribution is -0.141. The molecule has 0 aromatic rings. The fourth-order valence-corrected chi connectivity index (χ4v) is 5.22. The Balaban J connectivity index is 3.64. The van der Waals surface area contributed by atoms with Gasteiger partial charge in [-0.1, -0.05) is 13.8 Å². The van der Waals surface area contributed by atoms with Crippen LogP contribution < -0.4 is 54.8 Å². The lowest BCUT2D eigenvalue weighted by Crippen LogP contribution is -2.59. The maximum Gasteiger partial charge on any atom is 0.305 e. The van der Waals surface area contributed by atoms with Crippen LogP contribution in [0.1, 0.15) is 84.5 Å². The second-order valence-electron chi connectivity index (χ2n) is 12.8. The number of rotatable bonds is 16. The van der Waals surface area contributed by atoms with E-state index in [0.29, 0.717) is 25.7 Å². The fraction of sp³-hybridized carbons (Fsp3) is 0.742. The van der Waals surface area contributed by atoms with Gasteiger partial charge in [-0.15, -0.1) is 0 Å². The number of carbonyl (C=O) groups excluding carboxylic acids is 6. The Bertz CT molecular complexity index is 1210. The summed E-state index contributed by atoms with van der Waals surface area (Å²) in [4.78, 5) is 96.1. The summed E-state index contributed by atoms with van der Waals surface area (Å²) in [7, 11) is 0. The molecule has 1 rings (SSSR count). The maximum absolute atomic E-state index is 13.7. The number of aliphatic imine (C=N–C) groups is 1. The zero-order valence-corrected chi connectivity index (χ0v) is 29.4. The van der Waals surface area contributed by atoms with E-state index in [9.17, 15) is 43.8 Å². The third-order valence-corrected chi connectivity index (χ3v) is 7.80. The standard InChI is InChI=1S/C31H57N11O9/c1-17(2)14-21-30(51)42-24(44)16-23(43)37-18(8-3-5-11-32)26(47)41-22(15-25(45)46)29(50)39-19(9-4-6-12-33)27(48)38-20(28(49)40-21)10-7-13-36-31(34)35/h17-22,24,44H,3-16,32-33H2,1-2H3,(H,37,43)(H,38,48)(H,39,50)(H,40,49)(H,41,47)(H,42,51)(H,45,46)(H4,34,35,36)/t18-,19-,20-,21-,22-,24?/m0/s1. The lowest BCUT2D eigenvalue weighted by Gasteiger charge is -2.27. The van der Waals surface area contributed by atoms with Crippen molar-refractivity contribution in [3.05, 3.63) is 0 Å². The molecule has 20 nitrogen and oxygen atoms in total. The van der Waals surface area contributed by atoms with Gasteiger partial charge in [-0.3, -0.25) is 38.6 Å². The van der Waals surface area contributed by atoms with Gasteiger partial charge in [0, 0.05) is 6.54 Å². The minimum Gasteiger partial charge on any atom is -0.481 e. The molecule has 1 aliphatic heterocycles. The van der Waals surface area contributed by atoms with Crippen molar-refractivity contribution in [2.75, 3.05) is 19.6 Å². The first-order chi connectivity index (χ1) is 24.1. The first-order valence-electron chi connectivity index (χ1n) is 17.2. The van der Waals surface area contributed by atoms with Crippen LogP contribution in [0.2, 0.25) is 0 Å². The summed E-state index contributed by atoms with van der Waals surface area (Å²) >= 11 is 0. The van der Waals surface area contributed by atoms with Crippen molar-refractivity contribution in [3.63, 3.8) is 0 Å². The molecule has 1 saturated heterocycles. The van der Waals surface area contributed by atoms with Crippen LogP contribution in [0.15, 0.2) is 4.99 Å². The molecule has 1 aliphatic rings. The average molecular weight is 728 g/mol. The van der Waals surface area contributed by atoms with Gasteiger partial charge in [0.25, 0.3) is 0 Å². The molecule has 20 heteroatoms. The molecular weight excluding hydrogens is 670 g/mol. The Kier molecular flexibility index (Phi) is 20.7. The summed E-state index contributed by atoms with van der Waals surface area (Å²) in [6.45, 7) is 4.27. The van der Waals surface area contributed by atoms with E-state index in [4.69, 9.17) is 22.9 Å². The van der Waals surface area contributed by atoms with Crippen molar-refractivity contribution in [1.82, 2.24) is 31.9 Å². The zero-order chi connectivity index (χ0) is 38.5. The number of aliphatic hydroxyl groups excluding tert-OH is 1. The Morgan fingerprint density at radius 3 is 1.59 bits per heavy atom. The van der Waals surface area contributed by atoms with Gasteiger partial charge in [0.2, 0.25) is 35.4 Å². The summed E-state index contributed by atoms with van der Waals surface area (Å²) in [6, 6.07) is -6.69. The number of guanidine groups is 1. The molecule has 6 atom stereocenters. The van der Waals surface area contributed by atoms with Gasteiger partial charge in [-0.25, -0.2) is 0 Å². The Morgan fingerprint density at radius 1 is 0.686 bits per heavy atom. The zero-order valence-electron chi connectivity index (χ0n) is 29.4. The highest BCUT2D eigenvalue weighted by Gasteiger charge is 2.34. The molecular formula is C31H57N11O9. The smallest absolute Gasteiger partial charge is 0.305 e. The molecule has 0 radical (unpaired) electrons. The summed E-state index contributed by atoms with van der Waals surface area (Å²) < 4.78 is 0. The number of carboxylic acid groups (broad SMARTS) is 1. The summed E-state index contributed by atoms with van der Waals surface area (Å²) in [5, 5.41) is 35.0. The third kappa shape index (κ3) is 18.3. The predicted octanol–water partition coefficient (Wildman–Crippen LogP) is -3.92. The molecule has 16 N–H and O–H groups in total. The van der Waals surface area contributed by atoms with Gasteiger partial charge >= 0.3 is 5.97 Å². The molecule has 1 unspecified atom stereocenters. The second kappa shape index (κ2) is 23.8. The van der Waals surface area contributed by atoms with E-state index in [0.717, 1.165) is 0 Å². The normalized spacial score (nSPS) is 24.4. The van der Waals surface area contributed by atoms with Gasteiger partial charge in [0.1, 0.15) is 36.4 Å². The number of carbonyl (C=O) groups is 7. The lowest BCUT2D eigenvalue weighted by atomic mass is 10.0. The molecule has 0 aliphatic carbocycles. The SMILES string of the molecule is CC(C)C[C@@H]1NC(=O)[C@H](CCCN=C(N)N)NC(=O)[C@H](CCCCN)NC(=O)[C@H](CC(=O)O)NC(=O)[C@H](CCCCN)NC(=O)CC(O)NC1=O. The van der Waals surface area contributed by atoms with Crippen LogP contribution in [0.25, 0.3) is 0 Å². The highest BCUT2D eigenvalue weighted by Crippen LogP contribution is 2.11. The summed E-state index contributed by atoms with van der Waals surface area (Å²) in [5.74, 6) is -6.84. The van der Waals surface area contributed by atoms with Gasteiger partial charge in [-0.2, -0.15) is 0 Å². The van der Waals surface area contributed by atoms with E-state index in [-0.39, 0.29) is 63.6 Å². The Morgan fingerprint density at radius 2 is 1.12 bits per heavy atom. The Labute approximate surface area is 297 Å². The molecule has 51 heavy (non-hydrogen) atoms. The topological polar surface area (TPSA) is 349 Å². The molecule has 1 fully saturated rings. The molecule has 0 bridgehead atoms. The van der Waals surface area contributed by atoms with Crippen molar-refractivity contribution in [2.24, 2.45) is 33.8 Å². The molecule has 290 valence electrons. The fourth-order valence-electron chi connectivity index (χ4n) is 5.22. The van der Waals surface area contributed by atoms with Crippen molar-refractivity contribution >= 4 is 47.4 Å². The molecule has 0 saturated carbocycles. The summed E-state index contributed by atoms with van der Waals surface area (Å²) in [5.41, 5.74) is 22.0. The summed E-state index contributed by atoms with van der Waals surface area (Å²) in [6.07, 6.45) is -1.15. The van der Waals surface area contributed by atoms with Crippen LogP contribution in [-0.2, 0) is 33.6 Å². The second-order valence-corrected chi connectivity index (χ2v) is 12.8. The van der Waals surface area contributed by atoms with E-state index in [1.165, 1.54) is 0 Å². The van der Waals surface area contributed by atoms with Crippen molar-refractivity contribution in [3.8, 4) is 0 Å². The number of nitrogens with two attached hydrogens (primary N) is 4. The van der Waals surface area contributed by atoms with Crippen LogP contribution in [0, 0.1) is 5.92 Å². The average Bonchev–Trinajstić information content (AvgIpc) is 3.03. The van der Waals surface area contributed by atoms with Crippen LogP contribution in [0.5, 0.6) is 0 Å². The quantitative estimate of drug-likeness (QED) is 0.0411. The monoisotopic (exact) mass is 727 g/mol. The van der Waals surface area contributed by atoms with Gasteiger partial charge in [0.05, 0.1) is 12.8 Å². The van der Waals surface area contributed by atoms with Crippen LogP contribution in [0.3, 0.4) is 0 Å². The number of hydrogen-bond donors (Lipinski definition) is 12. The Hall–Kier alpha value is -4.56. The highest BCUT2D eigenvalue weighted by atomic mass is 16.4. The largest absolute Gasteiger partial charge is 0.481 e. The first-order valence-corrected chi connectivity index (χ1v) is 17.2. The molecule has 6 amide bonds. The van der Waals surface area contributed by atoms with Gasteiger partial charge in [-0.05, 0) is 76.8 Å². The molecule has 1 heterocycles. The molecule has 0 spiro atoms. The van der Waals surface area contributed by atoms with Crippen molar-refractivity contribution in [1.29, 1.82) is 0 Å². The van der Waals surface area contributed by atoms with E-state index in [1.54, 1.807) is 13.8 Å². The van der Waals surface area contributed by atoms with E-state index in [2.05, 4.69) is 36.9 Å². The number of amides is 6. The number of aliphatic carboxylic acids is 1. The van der Waals surface area contributed by atoms with Crippen LogP contribution in [0.4, 0.5) is 0 Å². The first kappa shape index (κ1) is 44.5. The molecule has 0 aromatic carbocycles. The number of nitrogens with zero attached hydrogens (tertiary/aromatic N) is 1. The van der Waals surface area contributed by atoms with Crippen LogP contribution in [-0.4, -0.2) is 114 Å². The number of nitrogens with one attached hydrogen (secondary N) is 6. The number of hydrogen-bond acceptors (Lipinski definition) is 11. The maximum atomic E-state index is 13.7. The minimum atomic E-state index is -1.73. The molecule has 0 aromatic heterocycles. The van der Waals surface area contributed by atoms with E-state index >= 15 is 0 Å². The van der Waals surface area contributed by atoms with E-state index < -0.39 is 90.7 Å². The van der Waals surface area contributed by atoms with Gasteiger partial charge < -0.3 is 65.0 Å². The number of unbranched alkanes of at least 4 members (excludes halogenated alkanes) is 2. The van der Waals surface area contributed by atoms with Gasteiger partial charge in [0.15, 0.2) is 5.96 Å². The highest BCUT2D eigenvalue weighted by molar-refractivity contribution is 5.97. The predicted molar refractivity (Wildman–Crippen MR) is 186 cm³/mol. The number of carboxylic acids is 1.